The van der Waals surface area contributed by atoms with Crippen molar-refractivity contribution in [2.75, 3.05) is 0 Å². The van der Waals surface area contributed by atoms with Gasteiger partial charge in [-0.05, 0) is 36.2 Å². The van der Waals surface area contributed by atoms with Crippen molar-refractivity contribution in [3.05, 3.63) is 59.2 Å². The fourth-order valence-corrected chi connectivity index (χ4v) is 1.86. The zero-order chi connectivity index (χ0) is 14.0. The molecule has 0 amide bonds. The van der Waals surface area contributed by atoms with Crippen LogP contribution in [0, 0.1) is 18.3 Å². The molecule has 0 saturated heterocycles. The van der Waals surface area contributed by atoms with Crippen LogP contribution >= 0.6 is 0 Å². The molecule has 1 nitrogen and oxygen atoms in total. The molecule has 0 unspecified atom stereocenters. The number of rotatable bonds is 1. The van der Waals surface area contributed by atoms with E-state index in [4.69, 9.17) is 5.26 Å². The molecule has 96 valence electrons. The molecule has 19 heavy (non-hydrogen) atoms. The molecule has 0 aliphatic rings. The Hall–Kier alpha value is -2.28. The second-order valence-corrected chi connectivity index (χ2v) is 4.24. The molecule has 0 radical (unpaired) electrons. The number of halogens is 3. The average molecular weight is 261 g/mol. The lowest BCUT2D eigenvalue weighted by atomic mass is 9.97. The first-order chi connectivity index (χ1) is 8.91. The van der Waals surface area contributed by atoms with Crippen LogP contribution in [0.15, 0.2) is 42.5 Å². The summed E-state index contributed by atoms with van der Waals surface area (Å²) in [5.41, 5.74) is 1.47. The zero-order valence-corrected chi connectivity index (χ0v) is 10.1. The van der Waals surface area contributed by atoms with Crippen molar-refractivity contribution >= 4 is 0 Å². The number of aryl methyl sites for hydroxylation is 1. The van der Waals surface area contributed by atoms with Crippen molar-refractivity contribution in [3.63, 3.8) is 0 Å². The van der Waals surface area contributed by atoms with E-state index in [1.807, 2.05) is 13.0 Å². The van der Waals surface area contributed by atoms with Crippen molar-refractivity contribution in [3.8, 4) is 17.2 Å². The highest BCUT2D eigenvalue weighted by Gasteiger charge is 2.30. The summed E-state index contributed by atoms with van der Waals surface area (Å²) < 4.78 is 38.0. The molecular formula is C15H10F3N. The van der Waals surface area contributed by atoms with E-state index in [0.717, 1.165) is 17.7 Å². The minimum absolute atomic E-state index is 0.366. The second kappa shape index (κ2) is 4.77. The predicted molar refractivity (Wildman–Crippen MR) is 66.3 cm³/mol. The van der Waals surface area contributed by atoms with E-state index < -0.39 is 11.7 Å². The summed E-state index contributed by atoms with van der Waals surface area (Å²) in [6.45, 7) is 1.83. The predicted octanol–water partition coefficient (Wildman–Crippen LogP) is 4.55. The van der Waals surface area contributed by atoms with Crippen LogP contribution < -0.4 is 0 Å². The third-order valence-corrected chi connectivity index (χ3v) is 2.80. The topological polar surface area (TPSA) is 23.8 Å². The molecule has 0 heterocycles. The molecule has 0 bridgehead atoms. The van der Waals surface area contributed by atoms with Gasteiger partial charge in [0.25, 0.3) is 0 Å². The molecule has 0 saturated carbocycles. The summed E-state index contributed by atoms with van der Waals surface area (Å²) >= 11 is 0. The van der Waals surface area contributed by atoms with Gasteiger partial charge in [0.15, 0.2) is 0 Å². The van der Waals surface area contributed by atoms with E-state index in [-0.39, 0.29) is 0 Å². The van der Waals surface area contributed by atoms with Gasteiger partial charge >= 0.3 is 6.18 Å². The highest BCUT2D eigenvalue weighted by Crippen LogP contribution is 2.33. The maximum absolute atomic E-state index is 12.7. The summed E-state index contributed by atoms with van der Waals surface area (Å²) in [6.07, 6.45) is -4.38. The lowest BCUT2D eigenvalue weighted by Gasteiger charge is -2.10. The normalized spacial score (nSPS) is 11.1. The molecule has 2 rings (SSSR count). The van der Waals surface area contributed by atoms with Crippen molar-refractivity contribution in [1.29, 1.82) is 5.26 Å². The summed E-state index contributed by atoms with van der Waals surface area (Å²) in [5, 5.41) is 9.03. The molecule has 0 atom stereocenters. The smallest absolute Gasteiger partial charge is 0.192 e. The molecular weight excluding hydrogens is 251 g/mol. The minimum Gasteiger partial charge on any atom is -0.192 e. The van der Waals surface area contributed by atoms with Crippen LogP contribution in [0.2, 0.25) is 0 Å². The molecule has 0 spiro atoms. The van der Waals surface area contributed by atoms with Crippen molar-refractivity contribution in [2.45, 2.75) is 13.1 Å². The van der Waals surface area contributed by atoms with Crippen LogP contribution in [0.5, 0.6) is 0 Å². The van der Waals surface area contributed by atoms with E-state index in [0.29, 0.717) is 16.7 Å². The number of hydrogen-bond acceptors (Lipinski definition) is 1. The number of nitrogens with zero attached hydrogens (tertiary/aromatic N) is 1. The van der Waals surface area contributed by atoms with Crippen molar-refractivity contribution in [2.24, 2.45) is 0 Å². The van der Waals surface area contributed by atoms with Crippen LogP contribution in [0.1, 0.15) is 16.7 Å². The first-order valence-corrected chi connectivity index (χ1v) is 5.60. The van der Waals surface area contributed by atoms with Gasteiger partial charge in [0.2, 0.25) is 0 Å². The van der Waals surface area contributed by atoms with Crippen LogP contribution in [0.4, 0.5) is 13.2 Å². The van der Waals surface area contributed by atoms with Gasteiger partial charge in [0.1, 0.15) is 0 Å². The highest BCUT2D eigenvalue weighted by molar-refractivity contribution is 5.71. The average Bonchev–Trinajstić information content (AvgIpc) is 2.38. The number of nitriles is 1. The minimum atomic E-state index is -4.38. The summed E-state index contributed by atoms with van der Waals surface area (Å²) in [5.74, 6) is 0. The van der Waals surface area contributed by atoms with Crippen LogP contribution in [0.3, 0.4) is 0 Å². The lowest BCUT2D eigenvalue weighted by Crippen LogP contribution is -2.04. The van der Waals surface area contributed by atoms with Gasteiger partial charge in [-0.2, -0.15) is 18.4 Å². The fourth-order valence-electron chi connectivity index (χ4n) is 1.86. The third-order valence-electron chi connectivity index (χ3n) is 2.80. The zero-order valence-electron chi connectivity index (χ0n) is 10.1. The number of hydrogen-bond donors (Lipinski definition) is 0. The van der Waals surface area contributed by atoms with Gasteiger partial charge in [-0.25, -0.2) is 0 Å². The molecule has 0 fully saturated rings. The Balaban J connectivity index is 2.60. The Bertz CT molecular complexity index is 651. The van der Waals surface area contributed by atoms with Crippen molar-refractivity contribution < 1.29 is 13.2 Å². The Morgan fingerprint density at radius 3 is 2.42 bits per heavy atom. The number of alkyl halides is 3. The van der Waals surface area contributed by atoms with Crippen LogP contribution in [-0.2, 0) is 6.18 Å². The van der Waals surface area contributed by atoms with Gasteiger partial charge in [0.05, 0.1) is 17.2 Å². The maximum atomic E-state index is 12.7. The van der Waals surface area contributed by atoms with Gasteiger partial charge in [-0.1, -0.05) is 29.8 Å². The summed E-state index contributed by atoms with van der Waals surface area (Å²) in [6, 6.07) is 12.1. The van der Waals surface area contributed by atoms with E-state index >= 15 is 0 Å². The molecule has 0 N–H and O–H groups in total. The van der Waals surface area contributed by atoms with Crippen molar-refractivity contribution in [1.82, 2.24) is 0 Å². The molecule has 0 aromatic heterocycles. The summed E-state index contributed by atoms with van der Waals surface area (Å²) in [7, 11) is 0. The standard InChI is InChI=1S/C15H10F3N/c1-10-5-6-12(9-19)14(7-10)11-3-2-4-13(8-11)15(16,17)18/h2-8H,1H3. The Kier molecular flexibility index (Phi) is 3.30. The molecule has 2 aromatic rings. The lowest BCUT2D eigenvalue weighted by molar-refractivity contribution is -0.137. The second-order valence-electron chi connectivity index (χ2n) is 4.24. The molecule has 4 heteroatoms. The molecule has 0 aliphatic carbocycles. The number of benzene rings is 2. The van der Waals surface area contributed by atoms with E-state index in [1.165, 1.54) is 6.07 Å². The van der Waals surface area contributed by atoms with E-state index in [2.05, 4.69) is 0 Å². The summed E-state index contributed by atoms with van der Waals surface area (Å²) in [4.78, 5) is 0. The fraction of sp³-hybridized carbons (Fsp3) is 0.133. The van der Waals surface area contributed by atoms with E-state index in [1.54, 1.807) is 24.3 Å². The van der Waals surface area contributed by atoms with Crippen LogP contribution in [0.25, 0.3) is 11.1 Å². The molecule has 2 aromatic carbocycles. The first-order valence-electron chi connectivity index (χ1n) is 5.60. The van der Waals surface area contributed by atoms with Gasteiger partial charge in [0, 0.05) is 0 Å². The quantitative estimate of drug-likeness (QED) is 0.738. The Labute approximate surface area is 108 Å². The highest BCUT2D eigenvalue weighted by atomic mass is 19.4. The van der Waals surface area contributed by atoms with Crippen LogP contribution in [-0.4, -0.2) is 0 Å². The monoisotopic (exact) mass is 261 g/mol. The molecule has 0 aliphatic heterocycles. The van der Waals surface area contributed by atoms with Gasteiger partial charge in [-0.3, -0.25) is 0 Å². The van der Waals surface area contributed by atoms with E-state index in [9.17, 15) is 13.2 Å². The van der Waals surface area contributed by atoms with Gasteiger partial charge in [-0.15, -0.1) is 0 Å². The maximum Gasteiger partial charge on any atom is 0.416 e. The largest absolute Gasteiger partial charge is 0.416 e. The Morgan fingerprint density at radius 2 is 1.79 bits per heavy atom. The SMILES string of the molecule is Cc1ccc(C#N)c(-c2cccc(C(F)(F)F)c2)c1. The Morgan fingerprint density at radius 1 is 1.05 bits per heavy atom. The third kappa shape index (κ3) is 2.76. The van der Waals surface area contributed by atoms with Gasteiger partial charge < -0.3 is 0 Å². The first kappa shape index (κ1) is 13.2.